The maximum absolute atomic E-state index is 12.8. The van der Waals surface area contributed by atoms with Gasteiger partial charge in [-0.25, -0.2) is 15.0 Å². The van der Waals surface area contributed by atoms with Gasteiger partial charge in [-0.3, -0.25) is 13.8 Å². The van der Waals surface area contributed by atoms with Crippen LogP contribution >= 0.6 is 11.8 Å². The first-order valence-corrected chi connectivity index (χ1v) is 9.16. The number of para-hydroxylation sites is 1. The predicted octanol–water partition coefficient (Wildman–Crippen LogP) is 3.14. The molecule has 3 aromatic heterocycles. The van der Waals surface area contributed by atoms with Crippen LogP contribution in [0, 0.1) is 0 Å². The summed E-state index contributed by atoms with van der Waals surface area (Å²) in [4.78, 5) is 26.2. The van der Waals surface area contributed by atoms with E-state index in [1.165, 1.54) is 11.8 Å². The molecule has 0 N–H and O–H groups in total. The Morgan fingerprint density at radius 3 is 2.88 bits per heavy atom. The van der Waals surface area contributed by atoms with Crippen molar-refractivity contribution < 1.29 is 0 Å². The molecule has 1 aromatic carbocycles. The highest BCUT2D eigenvalue weighted by molar-refractivity contribution is 7.98. The monoisotopic (exact) mass is 351 g/mol. The van der Waals surface area contributed by atoms with Crippen molar-refractivity contribution in [2.75, 3.05) is 0 Å². The van der Waals surface area contributed by atoms with Gasteiger partial charge < -0.3 is 0 Å². The average Bonchev–Trinajstić information content (AvgIpc) is 3.06. The molecule has 0 bridgehead atoms. The first-order valence-electron chi connectivity index (χ1n) is 8.17. The van der Waals surface area contributed by atoms with Crippen molar-refractivity contribution in [1.82, 2.24) is 23.9 Å². The number of nitrogens with zero attached hydrogens (tertiary/aromatic N) is 5. The maximum atomic E-state index is 12.8. The summed E-state index contributed by atoms with van der Waals surface area (Å²) in [6.45, 7) is 2.72. The van der Waals surface area contributed by atoms with Gasteiger partial charge in [0.05, 0.1) is 16.6 Å². The van der Waals surface area contributed by atoms with Gasteiger partial charge in [-0.1, -0.05) is 30.8 Å². The quantitative estimate of drug-likeness (QED) is 0.408. The first-order chi connectivity index (χ1) is 12.3. The third kappa shape index (κ3) is 3.02. The fraction of sp³-hybridized carbons (Fsp3) is 0.222. The topological polar surface area (TPSA) is 65.1 Å². The van der Waals surface area contributed by atoms with E-state index >= 15 is 0 Å². The molecular formula is C18H17N5OS. The number of fused-ring (bicyclic) bond motifs is 2. The minimum atomic E-state index is 0.0200. The molecule has 0 saturated heterocycles. The van der Waals surface area contributed by atoms with E-state index in [9.17, 15) is 4.79 Å². The standard InChI is InChI=1S/C18H17N5OS/c1-2-9-23-16(24)14-6-3-4-7-15(14)21-18(23)25-12-13-11-22-10-5-8-19-17(22)20-13/h3-8,10-11H,2,9,12H2,1H3. The van der Waals surface area contributed by atoms with Crippen molar-refractivity contribution in [3.05, 3.63) is 65.0 Å². The summed E-state index contributed by atoms with van der Waals surface area (Å²) in [5, 5.41) is 1.40. The van der Waals surface area contributed by atoms with Crippen LogP contribution in [0.1, 0.15) is 19.0 Å². The van der Waals surface area contributed by atoms with Gasteiger partial charge in [0.15, 0.2) is 5.16 Å². The summed E-state index contributed by atoms with van der Waals surface area (Å²) in [6, 6.07) is 9.36. The number of benzene rings is 1. The lowest BCUT2D eigenvalue weighted by atomic mass is 10.2. The second kappa shape index (κ2) is 6.68. The zero-order valence-electron chi connectivity index (χ0n) is 13.8. The lowest BCUT2D eigenvalue weighted by Gasteiger charge is -2.11. The fourth-order valence-electron chi connectivity index (χ4n) is 2.77. The van der Waals surface area contributed by atoms with Crippen LogP contribution in [0.4, 0.5) is 0 Å². The molecule has 0 atom stereocenters. The van der Waals surface area contributed by atoms with Crippen LogP contribution in [0.15, 0.2) is 58.9 Å². The summed E-state index contributed by atoms with van der Waals surface area (Å²) in [7, 11) is 0. The molecule has 0 spiro atoms. The van der Waals surface area contributed by atoms with E-state index in [4.69, 9.17) is 4.98 Å². The van der Waals surface area contributed by atoms with Crippen molar-refractivity contribution in [3.63, 3.8) is 0 Å². The number of imidazole rings is 1. The summed E-state index contributed by atoms with van der Waals surface area (Å²) in [6.07, 6.45) is 6.48. The average molecular weight is 351 g/mol. The molecule has 0 amide bonds. The maximum Gasteiger partial charge on any atom is 0.262 e. The van der Waals surface area contributed by atoms with E-state index in [0.717, 1.165) is 22.8 Å². The van der Waals surface area contributed by atoms with Crippen LogP contribution in [0.2, 0.25) is 0 Å². The Balaban J connectivity index is 1.70. The van der Waals surface area contributed by atoms with Gasteiger partial charge in [-0.2, -0.15) is 0 Å². The molecule has 0 aliphatic carbocycles. The van der Waals surface area contributed by atoms with Crippen molar-refractivity contribution in [2.45, 2.75) is 30.8 Å². The Labute approximate surface area is 148 Å². The zero-order valence-corrected chi connectivity index (χ0v) is 14.6. The summed E-state index contributed by atoms with van der Waals surface area (Å²) >= 11 is 1.53. The number of thioether (sulfide) groups is 1. The van der Waals surface area contributed by atoms with Gasteiger partial charge in [-0.05, 0) is 24.6 Å². The molecule has 0 fully saturated rings. The smallest absolute Gasteiger partial charge is 0.262 e. The van der Waals surface area contributed by atoms with Gasteiger partial charge in [-0.15, -0.1) is 0 Å². The Morgan fingerprint density at radius 1 is 1.16 bits per heavy atom. The van der Waals surface area contributed by atoms with E-state index < -0.39 is 0 Å². The Morgan fingerprint density at radius 2 is 2.04 bits per heavy atom. The molecule has 6 nitrogen and oxygen atoms in total. The van der Waals surface area contributed by atoms with E-state index in [-0.39, 0.29) is 5.56 Å². The fourth-order valence-corrected chi connectivity index (χ4v) is 3.68. The highest BCUT2D eigenvalue weighted by atomic mass is 32.2. The lowest BCUT2D eigenvalue weighted by molar-refractivity contribution is 0.584. The zero-order chi connectivity index (χ0) is 17.2. The van der Waals surface area contributed by atoms with Crippen LogP contribution in [-0.4, -0.2) is 23.9 Å². The predicted molar refractivity (Wildman–Crippen MR) is 98.8 cm³/mol. The van der Waals surface area contributed by atoms with Crippen molar-refractivity contribution in [1.29, 1.82) is 0 Å². The van der Waals surface area contributed by atoms with E-state index in [1.807, 2.05) is 47.1 Å². The number of hydrogen-bond donors (Lipinski definition) is 0. The molecule has 0 radical (unpaired) electrons. The third-order valence-electron chi connectivity index (χ3n) is 3.91. The molecule has 0 saturated carbocycles. The van der Waals surface area contributed by atoms with Crippen LogP contribution in [0.5, 0.6) is 0 Å². The van der Waals surface area contributed by atoms with Gasteiger partial charge in [0, 0.05) is 30.9 Å². The first kappa shape index (κ1) is 15.8. The third-order valence-corrected chi connectivity index (χ3v) is 4.92. The van der Waals surface area contributed by atoms with E-state index in [0.29, 0.717) is 23.5 Å². The van der Waals surface area contributed by atoms with Crippen LogP contribution < -0.4 is 5.56 Å². The Kier molecular flexibility index (Phi) is 4.23. The molecule has 7 heteroatoms. The number of aromatic nitrogens is 5. The van der Waals surface area contributed by atoms with Crippen LogP contribution in [0.25, 0.3) is 16.7 Å². The SMILES string of the molecule is CCCn1c(SCc2cn3cccnc3n2)nc2ccccc2c1=O. The molecule has 4 rings (SSSR count). The minimum Gasteiger partial charge on any atom is -0.291 e. The molecule has 0 unspecified atom stereocenters. The molecular weight excluding hydrogens is 334 g/mol. The summed E-state index contributed by atoms with van der Waals surface area (Å²) < 4.78 is 3.66. The highest BCUT2D eigenvalue weighted by Gasteiger charge is 2.12. The summed E-state index contributed by atoms with van der Waals surface area (Å²) in [5.41, 5.74) is 1.67. The van der Waals surface area contributed by atoms with E-state index in [2.05, 4.69) is 16.9 Å². The van der Waals surface area contributed by atoms with E-state index in [1.54, 1.807) is 10.8 Å². The van der Waals surface area contributed by atoms with Crippen LogP contribution in [-0.2, 0) is 12.3 Å². The van der Waals surface area contributed by atoms with Crippen molar-refractivity contribution >= 4 is 28.4 Å². The second-order valence-corrected chi connectivity index (χ2v) is 6.66. The van der Waals surface area contributed by atoms with Gasteiger partial charge in [0.25, 0.3) is 5.56 Å². The number of hydrogen-bond acceptors (Lipinski definition) is 5. The normalized spacial score (nSPS) is 11.4. The molecule has 4 aromatic rings. The molecule has 3 heterocycles. The molecule has 25 heavy (non-hydrogen) atoms. The Bertz CT molecular complexity index is 1070. The molecule has 126 valence electrons. The summed E-state index contributed by atoms with van der Waals surface area (Å²) in [5.74, 6) is 1.31. The van der Waals surface area contributed by atoms with Crippen molar-refractivity contribution in [2.24, 2.45) is 0 Å². The second-order valence-electron chi connectivity index (χ2n) is 5.72. The lowest BCUT2D eigenvalue weighted by Crippen LogP contribution is -2.23. The van der Waals surface area contributed by atoms with Gasteiger partial charge in [0.2, 0.25) is 5.78 Å². The Hall–Kier alpha value is -2.67. The number of rotatable bonds is 5. The van der Waals surface area contributed by atoms with Crippen LogP contribution in [0.3, 0.4) is 0 Å². The van der Waals surface area contributed by atoms with Gasteiger partial charge >= 0.3 is 0 Å². The molecule has 0 aliphatic rings. The highest BCUT2D eigenvalue weighted by Crippen LogP contribution is 2.22. The van der Waals surface area contributed by atoms with Crippen molar-refractivity contribution in [3.8, 4) is 0 Å². The largest absolute Gasteiger partial charge is 0.291 e. The minimum absolute atomic E-state index is 0.0200. The van der Waals surface area contributed by atoms with Gasteiger partial charge in [0.1, 0.15) is 0 Å². The molecule has 0 aliphatic heterocycles.